The number of nitrogens with zero attached hydrogens (tertiary/aromatic N) is 2. The normalized spacial score (nSPS) is 10.3. The van der Waals surface area contributed by atoms with Gasteiger partial charge in [0.1, 0.15) is 6.42 Å². The highest BCUT2D eigenvalue weighted by molar-refractivity contribution is 5.96. The lowest BCUT2D eigenvalue weighted by Gasteiger charge is -2.24. The van der Waals surface area contributed by atoms with E-state index in [-0.39, 0.29) is 18.2 Å². The van der Waals surface area contributed by atoms with Gasteiger partial charge in [-0.25, -0.2) is 0 Å². The second kappa shape index (κ2) is 10.8. The zero-order chi connectivity index (χ0) is 14.7. The van der Waals surface area contributed by atoms with E-state index >= 15 is 0 Å². The van der Waals surface area contributed by atoms with E-state index in [1.165, 1.54) is 0 Å². The van der Waals surface area contributed by atoms with Crippen LogP contribution in [0.15, 0.2) is 0 Å². The minimum absolute atomic E-state index is 0.0244. The van der Waals surface area contributed by atoms with E-state index in [4.69, 9.17) is 0 Å². The van der Waals surface area contributed by atoms with Crippen molar-refractivity contribution < 1.29 is 9.59 Å². The maximum atomic E-state index is 12.1. The van der Waals surface area contributed by atoms with Crippen LogP contribution in [0.25, 0.3) is 0 Å². The second-order valence-corrected chi connectivity index (χ2v) is 4.88. The van der Waals surface area contributed by atoms with E-state index in [0.29, 0.717) is 6.54 Å². The monoisotopic (exact) mass is 270 g/mol. The molecule has 0 aliphatic heterocycles. The molecule has 0 unspecified atom stereocenters. The average Bonchev–Trinajstić information content (AvgIpc) is 2.39. The molecule has 0 aromatic heterocycles. The summed E-state index contributed by atoms with van der Waals surface area (Å²) in [6.07, 6.45) is 3.97. The van der Waals surface area contributed by atoms with Crippen molar-refractivity contribution in [3.63, 3.8) is 0 Å². The summed E-state index contributed by atoms with van der Waals surface area (Å²) < 4.78 is 0. The van der Waals surface area contributed by atoms with Gasteiger partial charge in [-0.3, -0.25) is 9.59 Å². The van der Waals surface area contributed by atoms with E-state index in [2.05, 4.69) is 20.8 Å². The Kier molecular flexibility index (Phi) is 10.2. The highest BCUT2D eigenvalue weighted by atomic mass is 16.2. The smallest absolute Gasteiger partial charge is 0.232 e. The summed E-state index contributed by atoms with van der Waals surface area (Å²) in [7, 11) is 0. The number of unbranched alkanes of at least 4 members (excludes halogenated alkanes) is 1. The lowest BCUT2D eigenvalue weighted by atomic mass is 10.2. The Labute approximate surface area is 118 Å². The number of carbonyl (C=O) groups is 2. The SMILES string of the molecule is CCCCN(CC)C(=O)CC(=O)N(CCC)CCC. The first-order valence-electron chi connectivity index (χ1n) is 7.66. The first-order chi connectivity index (χ1) is 9.10. The van der Waals surface area contributed by atoms with E-state index < -0.39 is 0 Å². The van der Waals surface area contributed by atoms with Crippen LogP contribution in [0.3, 0.4) is 0 Å². The topological polar surface area (TPSA) is 40.6 Å². The molecule has 0 fully saturated rings. The van der Waals surface area contributed by atoms with E-state index in [0.717, 1.165) is 45.3 Å². The van der Waals surface area contributed by atoms with Gasteiger partial charge in [-0.05, 0) is 26.2 Å². The van der Waals surface area contributed by atoms with Gasteiger partial charge in [0, 0.05) is 26.2 Å². The number of carbonyl (C=O) groups excluding carboxylic acids is 2. The highest BCUT2D eigenvalue weighted by Gasteiger charge is 2.19. The predicted molar refractivity (Wildman–Crippen MR) is 78.9 cm³/mol. The standard InChI is InChI=1S/C15H30N2O2/c1-5-9-12-16(8-4)14(18)13-15(19)17(10-6-2)11-7-3/h5-13H2,1-4H3. The quantitative estimate of drug-likeness (QED) is 0.573. The van der Waals surface area contributed by atoms with E-state index in [1.807, 2.05) is 11.8 Å². The summed E-state index contributed by atoms with van der Waals surface area (Å²) >= 11 is 0. The Morgan fingerprint density at radius 1 is 0.737 bits per heavy atom. The highest BCUT2D eigenvalue weighted by Crippen LogP contribution is 2.03. The molecular weight excluding hydrogens is 240 g/mol. The minimum Gasteiger partial charge on any atom is -0.343 e. The van der Waals surface area contributed by atoms with Gasteiger partial charge in [0.05, 0.1) is 0 Å². The van der Waals surface area contributed by atoms with Crippen molar-refractivity contribution in [2.45, 2.75) is 59.8 Å². The summed E-state index contributed by atoms with van der Waals surface area (Å²) in [6.45, 7) is 11.1. The summed E-state index contributed by atoms with van der Waals surface area (Å²) in [5.74, 6) is -0.0539. The third kappa shape index (κ3) is 7.19. The molecule has 0 aliphatic carbocycles. The fourth-order valence-corrected chi connectivity index (χ4v) is 2.06. The maximum Gasteiger partial charge on any atom is 0.232 e. The van der Waals surface area contributed by atoms with Crippen LogP contribution < -0.4 is 0 Å². The molecule has 0 aromatic carbocycles. The molecule has 0 N–H and O–H groups in total. The van der Waals surface area contributed by atoms with E-state index in [9.17, 15) is 9.59 Å². The predicted octanol–water partition coefficient (Wildman–Crippen LogP) is 2.67. The first-order valence-corrected chi connectivity index (χ1v) is 7.66. The minimum atomic E-state index is -0.0295. The van der Waals surface area contributed by atoms with Gasteiger partial charge in [-0.15, -0.1) is 0 Å². The average molecular weight is 270 g/mol. The summed E-state index contributed by atoms with van der Waals surface area (Å²) in [4.78, 5) is 27.8. The molecule has 0 saturated carbocycles. The van der Waals surface area contributed by atoms with Crippen molar-refractivity contribution in [1.29, 1.82) is 0 Å². The van der Waals surface area contributed by atoms with Gasteiger partial charge in [0.25, 0.3) is 0 Å². The fourth-order valence-electron chi connectivity index (χ4n) is 2.06. The lowest BCUT2D eigenvalue weighted by Crippen LogP contribution is -2.39. The van der Waals surface area contributed by atoms with Gasteiger partial charge >= 0.3 is 0 Å². The number of rotatable bonds is 10. The van der Waals surface area contributed by atoms with Crippen LogP contribution in [-0.4, -0.2) is 47.8 Å². The van der Waals surface area contributed by atoms with Crippen LogP contribution >= 0.6 is 0 Å². The molecule has 4 nitrogen and oxygen atoms in total. The first kappa shape index (κ1) is 17.9. The van der Waals surface area contributed by atoms with Crippen LogP contribution in [0.4, 0.5) is 0 Å². The van der Waals surface area contributed by atoms with Gasteiger partial charge < -0.3 is 9.80 Å². The molecule has 19 heavy (non-hydrogen) atoms. The van der Waals surface area contributed by atoms with Crippen LogP contribution in [0.1, 0.15) is 59.8 Å². The molecule has 0 heterocycles. The van der Waals surface area contributed by atoms with Crippen LogP contribution in [0.5, 0.6) is 0 Å². The Morgan fingerprint density at radius 2 is 1.26 bits per heavy atom. The zero-order valence-electron chi connectivity index (χ0n) is 13.1. The Morgan fingerprint density at radius 3 is 1.68 bits per heavy atom. The molecule has 0 atom stereocenters. The molecule has 4 heteroatoms. The van der Waals surface area contributed by atoms with Crippen LogP contribution in [0.2, 0.25) is 0 Å². The molecule has 0 radical (unpaired) electrons. The van der Waals surface area contributed by atoms with Crippen molar-refractivity contribution >= 4 is 11.8 Å². The Hall–Kier alpha value is -1.06. The molecule has 0 rings (SSSR count). The molecule has 0 saturated heterocycles. The fraction of sp³-hybridized carbons (Fsp3) is 0.867. The van der Waals surface area contributed by atoms with Gasteiger partial charge in [-0.2, -0.15) is 0 Å². The maximum absolute atomic E-state index is 12.1. The summed E-state index contributed by atoms with van der Waals surface area (Å²) in [6, 6.07) is 0. The molecule has 0 spiro atoms. The number of hydrogen-bond donors (Lipinski definition) is 0. The Balaban J connectivity index is 4.36. The van der Waals surface area contributed by atoms with Gasteiger partial charge in [0.2, 0.25) is 11.8 Å². The molecule has 0 bridgehead atoms. The third-order valence-corrected chi connectivity index (χ3v) is 3.16. The molecule has 2 amide bonds. The Bertz CT molecular complexity index is 261. The largest absolute Gasteiger partial charge is 0.343 e. The summed E-state index contributed by atoms with van der Waals surface area (Å²) in [5, 5.41) is 0. The summed E-state index contributed by atoms with van der Waals surface area (Å²) in [5.41, 5.74) is 0. The zero-order valence-corrected chi connectivity index (χ0v) is 13.1. The number of amides is 2. The molecule has 0 aliphatic rings. The lowest BCUT2D eigenvalue weighted by molar-refractivity contribution is -0.140. The van der Waals surface area contributed by atoms with Gasteiger partial charge in [0.15, 0.2) is 0 Å². The van der Waals surface area contributed by atoms with Crippen molar-refractivity contribution in [2.75, 3.05) is 26.2 Å². The molecule has 0 aromatic rings. The van der Waals surface area contributed by atoms with E-state index in [1.54, 1.807) is 4.90 Å². The molecule has 112 valence electrons. The van der Waals surface area contributed by atoms with Crippen molar-refractivity contribution in [2.24, 2.45) is 0 Å². The van der Waals surface area contributed by atoms with Crippen molar-refractivity contribution in [1.82, 2.24) is 9.80 Å². The van der Waals surface area contributed by atoms with Crippen molar-refractivity contribution in [3.8, 4) is 0 Å². The third-order valence-electron chi connectivity index (χ3n) is 3.16. The van der Waals surface area contributed by atoms with Crippen LogP contribution in [0, 0.1) is 0 Å². The second-order valence-electron chi connectivity index (χ2n) is 4.88. The molecular formula is C15H30N2O2. The van der Waals surface area contributed by atoms with Gasteiger partial charge in [-0.1, -0.05) is 27.2 Å². The van der Waals surface area contributed by atoms with Crippen LogP contribution in [-0.2, 0) is 9.59 Å². The van der Waals surface area contributed by atoms with Crippen molar-refractivity contribution in [3.05, 3.63) is 0 Å². The number of hydrogen-bond acceptors (Lipinski definition) is 2.